The molecule has 0 N–H and O–H groups in total. The molecule has 0 aliphatic rings. The molecule has 0 saturated heterocycles. The highest BCUT2D eigenvalue weighted by atomic mass is 15.4. The van der Waals surface area contributed by atoms with Crippen LogP contribution in [0.2, 0.25) is 0 Å². The minimum atomic E-state index is 0.684. The molecular weight excluding hydrogens is 619 g/mol. The first-order valence-corrected chi connectivity index (χ1v) is 17.2. The Labute approximate surface area is 299 Å². The minimum absolute atomic E-state index is 0.684. The van der Waals surface area contributed by atoms with Crippen LogP contribution in [0.5, 0.6) is 0 Å². The maximum absolute atomic E-state index is 5.06. The van der Waals surface area contributed by atoms with Crippen LogP contribution in [0.15, 0.2) is 188 Å². The third kappa shape index (κ3) is 7.44. The number of rotatable bonds is 9. The monoisotopic (exact) mass is 653 g/mol. The molecule has 8 rings (SSSR count). The largest absolute Gasteiger partial charge is 0.213 e. The van der Waals surface area contributed by atoms with Crippen LogP contribution in [-0.2, 0) is 0 Å². The van der Waals surface area contributed by atoms with E-state index in [1.54, 1.807) is 0 Å². The first-order valence-electron chi connectivity index (χ1n) is 17.2. The maximum atomic E-state index is 5.06. The second kappa shape index (κ2) is 14.7. The van der Waals surface area contributed by atoms with E-state index < -0.39 is 0 Å². The summed E-state index contributed by atoms with van der Waals surface area (Å²) < 4.78 is 1.93. The lowest BCUT2D eigenvalue weighted by atomic mass is 10.0. The standard InChI is InChI=1S/C48H35N3/c1-4-10-40(11-5-1)42-28-20-36(21-29-42)16-18-38-24-32-44(33-25-38)47-49-48(51(50-47)46-14-8-3-9-15-46)45-34-26-39(27-35-45)19-17-37-22-30-43(31-23-37)41-12-6-2-7-13-41/h1-35H. The van der Waals surface area contributed by atoms with Gasteiger partial charge < -0.3 is 0 Å². The van der Waals surface area contributed by atoms with Gasteiger partial charge in [-0.3, -0.25) is 0 Å². The fraction of sp³-hybridized carbons (Fsp3) is 0. The van der Waals surface area contributed by atoms with E-state index in [1.807, 2.05) is 35.0 Å². The van der Waals surface area contributed by atoms with Crippen LogP contribution in [-0.4, -0.2) is 14.8 Å². The molecular formula is C48H35N3. The predicted octanol–water partition coefficient (Wildman–Crippen LogP) is 12.3. The van der Waals surface area contributed by atoms with E-state index >= 15 is 0 Å². The molecule has 0 spiro atoms. The lowest BCUT2D eigenvalue weighted by molar-refractivity contribution is 0.890. The fourth-order valence-electron chi connectivity index (χ4n) is 6.08. The van der Waals surface area contributed by atoms with Crippen LogP contribution >= 0.6 is 0 Å². The summed E-state index contributed by atoms with van der Waals surface area (Å²) in [4.78, 5) is 5.06. The van der Waals surface area contributed by atoms with Crippen molar-refractivity contribution in [2.75, 3.05) is 0 Å². The van der Waals surface area contributed by atoms with Gasteiger partial charge in [-0.1, -0.05) is 200 Å². The molecule has 0 aliphatic heterocycles. The number of nitrogens with zero attached hydrogens (tertiary/aromatic N) is 3. The first-order chi connectivity index (χ1) is 25.2. The Morgan fingerprint density at radius 2 is 0.647 bits per heavy atom. The van der Waals surface area contributed by atoms with E-state index in [1.165, 1.54) is 22.3 Å². The van der Waals surface area contributed by atoms with Crippen LogP contribution in [0.1, 0.15) is 22.3 Å². The Morgan fingerprint density at radius 3 is 1.06 bits per heavy atom. The van der Waals surface area contributed by atoms with Crippen LogP contribution in [0.4, 0.5) is 0 Å². The summed E-state index contributed by atoms with van der Waals surface area (Å²) in [5.41, 5.74) is 12.4. The summed E-state index contributed by atoms with van der Waals surface area (Å²) in [6.07, 6.45) is 8.57. The normalized spacial score (nSPS) is 11.4. The molecule has 3 nitrogen and oxygen atoms in total. The van der Waals surface area contributed by atoms with Gasteiger partial charge >= 0.3 is 0 Å². The Morgan fingerprint density at radius 1 is 0.314 bits per heavy atom. The molecule has 51 heavy (non-hydrogen) atoms. The number of hydrogen-bond donors (Lipinski definition) is 0. The van der Waals surface area contributed by atoms with Crippen LogP contribution in [0, 0.1) is 0 Å². The minimum Gasteiger partial charge on any atom is -0.213 e. The zero-order valence-electron chi connectivity index (χ0n) is 28.0. The van der Waals surface area contributed by atoms with Gasteiger partial charge in [-0.2, -0.15) is 0 Å². The van der Waals surface area contributed by atoms with Crippen molar-refractivity contribution in [1.29, 1.82) is 0 Å². The smallest absolute Gasteiger partial charge is 0.182 e. The van der Waals surface area contributed by atoms with Gasteiger partial charge in [-0.05, 0) is 56.6 Å². The highest BCUT2D eigenvalue weighted by Crippen LogP contribution is 2.27. The molecule has 3 heteroatoms. The number of para-hydroxylation sites is 1. The molecule has 8 aromatic rings. The topological polar surface area (TPSA) is 30.7 Å². The highest BCUT2D eigenvalue weighted by Gasteiger charge is 2.15. The molecule has 242 valence electrons. The second-order valence-corrected chi connectivity index (χ2v) is 12.4. The molecule has 0 atom stereocenters. The zero-order chi connectivity index (χ0) is 34.2. The average Bonchev–Trinajstić information content (AvgIpc) is 3.67. The van der Waals surface area contributed by atoms with Gasteiger partial charge in [-0.15, -0.1) is 5.10 Å². The Balaban J connectivity index is 0.996. The average molecular weight is 654 g/mol. The highest BCUT2D eigenvalue weighted by molar-refractivity contribution is 5.75. The van der Waals surface area contributed by atoms with E-state index in [4.69, 9.17) is 10.1 Å². The zero-order valence-corrected chi connectivity index (χ0v) is 28.0. The van der Waals surface area contributed by atoms with Gasteiger partial charge in [0.05, 0.1) is 5.69 Å². The predicted molar refractivity (Wildman–Crippen MR) is 214 cm³/mol. The van der Waals surface area contributed by atoms with Gasteiger partial charge in [0.1, 0.15) is 0 Å². The van der Waals surface area contributed by atoms with Crippen LogP contribution < -0.4 is 0 Å². The Bertz CT molecular complexity index is 2390. The fourth-order valence-corrected chi connectivity index (χ4v) is 6.08. The van der Waals surface area contributed by atoms with Crippen molar-refractivity contribution >= 4 is 24.3 Å². The third-order valence-corrected chi connectivity index (χ3v) is 8.92. The number of aromatic nitrogens is 3. The first kappa shape index (κ1) is 31.4. The SMILES string of the molecule is C(=Cc1ccc(-c2nc(-c3ccc(C=Cc4ccc(-c5ccccc5)cc4)cc3)n(-c3ccccc3)n2)cc1)c1ccc(-c2ccccc2)cc1. The van der Waals surface area contributed by atoms with Crippen molar-refractivity contribution in [2.24, 2.45) is 0 Å². The summed E-state index contributed by atoms with van der Waals surface area (Å²) in [7, 11) is 0. The van der Waals surface area contributed by atoms with Crippen LogP contribution in [0.3, 0.4) is 0 Å². The van der Waals surface area contributed by atoms with E-state index in [0.29, 0.717) is 5.82 Å². The molecule has 1 aromatic heterocycles. The molecule has 0 fully saturated rings. The van der Waals surface area contributed by atoms with E-state index in [-0.39, 0.29) is 0 Å². The molecule has 7 aromatic carbocycles. The molecule has 0 aliphatic carbocycles. The summed E-state index contributed by atoms with van der Waals surface area (Å²) >= 11 is 0. The molecule has 0 unspecified atom stereocenters. The quantitative estimate of drug-likeness (QED) is 0.145. The van der Waals surface area contributed by atoms with Crippen molar-refractivity contribution in [1.82, 2.24) is 14.8 Å². The molecule has 0 amide bonds. The van der Waals surface area contributed by atoms with E-state index in [0.717, 1.165) is 44.9 Å². The van der Waals surface area contributed by atoms with Crippen molar-refractivity contribution < 1.29 is 0 Å². The second-order valence-electron chi connectivity index (χ2n) is 12.4. The number of benzene rings is 7. The number of hydrogen-bond acceptors (Lipinski definition) is 2. The summed E-state index contributed by atoms with van der Waals surface area (Å²) in [6, 6.07) is 65.3. The van der Waals surface area contributed by atoms with Gasteiger partial charge in [0.25, 0.3) is 0 Å². The Hall–Kier alpha value is -6.84. The van der Waals surface area contributed by atoms with Crippen molar-refractivity contribution in [2.45, 2.75) is 0 Å². The van der Waals surface area contributed by atoms with E-state index in [9.17, 15) is 0 Å². The van der Waals surface area contributed by atoms with Crippen molar-refractivity contribution in [3.8, 4) is 50.7 Å². The summed E-state index contributed by atoms with van der Waals surface area (Å²) in [5.74, 6) is 1.48. The molecule has 0 saturated carbocycles. The Kier molecular flexibility index (Phi) is 9.08. The summed E-state index contributed by atoms with van der Waals surface area (Å²) in [6.45, 7) is 0. The third-order valence-electron chi connectivity index (χ3n) is 8.92. The van der Waals surface area contributed by atoms with Crippen molar-refractivity contribution in [3.63, 3.8) is 0 Å². The maximum Gasteiger partial charge on any atom is 0.182 e. The van der Waals surface area contributed by atoms with Gasteiger partial charge in [0, 0.05) is 11.1 Å². The summed E-state index contributed by atoms with van der Waals surface area (Å²) in [5, 5.41) is 4.98. The van der Waals surface area contributed by atoms with Gasteiger partial charge in [-0.25, -0.2) is 9.67 Å². The van der Waals surface area contributed by atoms with E-state index in [2.05, 4.69) is 182 Å². The lowest BCUT2D eigenvalue weighted by Crippen LogP contribution is -1.99. The molecule has 0 bridgehead atoms. The lowest BCUT2D eigenvalue weighted by Gasteiger charge is -2.06. The van der Waals surface area contributed by atoms with Gasteiger partial charge in [0.2, 0.25) is 0 Å². The van der Waals surface area contributed by atoms with Crippen LogP contribution in [0.25, 0.3) is 75.0 Å². The molecule has 1 heterocycles. The van der Waals surface area contributed by atoms with Gasteiger partial charge in [0.15, 0.2) is 11.6 Å². The van der Waals surface area contributed by atoms with Crippen molar-refractivity contribution in [3.05, 3.63) is 210 Å². The molecule has 0 radical (unpaired) electrons.